The molecule has 1 aromatic carbocycles. The first-order valence-electron chi connectivity index (χ1n) is 14.4. The molecular formula is C31H43N3O6. The van der Waals surface area contributed by atoms with E-state index in [0.717, 1.165) is 36.9 Å². The number of fused-ring (bicyclic) bond motifs is 1. The maximum absolute atomic E-state index is 13.9. The van der Waals surface area contributed by atoms with Gasteiger partial charge in [0.1, 0.15) is 0 Å². The summed E-state index contributed by atoms with van der Waals surface area (Å²) in [5.74, 6) is -1.02. The molecular weight excluding hydrogens is 510 g/mol. The van der Waals surface area contributed by atoms with Crippen molar-refractivity contribution in [2.24, 2.45) is 11.3 Å². The Morgan fingerprint density at radius 2 is 2.00 bits per heavy atom. The number of carboxylic acid groups (broad SMARTS) is 1. The Bertz CT molecular complexity index is 1170. The molecule has 1 amide bonds. The third-order valence-electron chi connectivity index (χ3n) is 8.22. The van der Waals surface area contributed by atoms with Gasteiger partial charge >= 0.3 is 5.97 Å². The number of amides is 1. The molecule has 2 aliphatic heterocycles. The van der Waals surface area contributed by atoms with Crippen LogP contribution in [0.1, 0.15) is 76.8 Å². The van der Waals surface area contributed by atoms with Gasteiger partial charge in [0.05, 0.1) is 31.0 Å². The quantitative estimate of drug-likeness (QED) is 0.363. The van der Waals surface area contributed by atoms with Crippen LogP contribution < -0.4 is 14.4 Å². The molecule has 3 atom stereocenters. The lowest BCUT2D eigenvalue weighted by atomic mass is 9.76. The predicted molar refractivity (Wildman–Crippen MR) is 153 cm³/mol. The molecule has 4 rings (SSSR count). The number of hydrogen-bond donors (Lipinski definition) is 2. The number of pyridine rings is 1. The first-order chi connectivity index (χ1) is 19.2. The van der Waals surface area contributed by atoms with Gasteiger partial charge in [-0.3, -0.25) is 19.5 Å². The van der Waals surface area contributed by atoms with Gasteiger partial charge in [-0.05, 0) is 54.5 Å². The van der Waals surface area contributed by atoms with E-state index < -0.39 is 11.9 Å². The highest BCUT2D eigenvalue weighted by molar-refractivity contribution is 5.94. The summed E-state index contributed by atoms with van der Waals surface area (Å²) in [4.78, 5) is 34.8. The van der Waals surface area contributed by atoms with Crippen molar-refractivity contribution < 1.29 is 29.3 Å². The molecule has 9 nitrogen and oxygen atoms in total. The molecule has 0 spiro atoms. The third kappa shape index (κ3) is 6.58. The second-order valence-electron chi connectivity index (χ2n) is 11.8. The lowest BCUT2D eigenvalue weighted by Crippen LogP contribution is -2.46. The maximum atomic E-state index is 13.9. The number of hydrogen-bond acceptors (Lipinski definition) is 7. The van der Waals surface area contributed by atoms with E-state index in [9.17, 15) is 19.8 Å². The van der Waals surface area contributed by atoms with Gasteiger partial charge < -0.3 is 24.6 Å². The predicted octanol–water partition coefficient (Wildman–Crippen LogP) is 4.82. The van der Waals surface area contributed by atoms with Crippen LogP contribution in [0, 0.1) is 11.3 Å². The average molecular weight is 554 g/mol. The smallest absolute Gasteiger partial charge is 0.308 e. The van der Waals surface area contributed by atoms with Crippen LogP contribution in [0.15, 0.2) is 36.7 Å². The number of ether oxygens (including phenoxy) is 2. The third-order valence-corrected chi connectivity index (χ3v) is 8.22. The molecule has 40 heavy (non-hydrogen) atoms. The molecule has 1 fully saturated rings. The van der Waals surface area contributed by atoms with E-state index in [2.05, 4.69) is 37.6 Å². The van der Waals surface area contributed by atoms with Crippen LogP contribution in [0.3, 0.4) is 0 Å². The number of aliphatic hydroxyl groups excluding tert-OH is 1. The van der Waals surface area contributed by atoms with Crippen LogP contribution in [0.25, 0.3) is 0 Å². The highest BCUT2D eigenvalue weighted by atomic mass is 16.7. The summed E-state index contributed by atoms with van der Waals surface area (Å²) in [6.07, 6.45) is 7.79. The normalized spacial score (nSPS) is 20.6. The number of nitrogens with zero attached hydrogens (tertiary/aromatic N) is 3. The molecule has 2 aliphatic rings. The van der Waals surface area contributed by atoms with E-state index in [1.54, 1.807) is 17.3 Å². The Morgan fingerprint density at radius 1 is 1.20 bits per heavy atom. The summed E-state index contributed by atoms with van der Waals surface area (Å²) in [7, 11) is 0. The minimum absolute atomic E-state index is 0.0636. The van der Waals surface area contributed by atoms with Crippen LogP contribution in [0.4, 0.5) is 5.69 Å². The van der Waals surface area contributed by atoms with E-state index in [1.165, 1.54) is 0 Å². The van der Waals surface area contributed by atoms with E-state index in [0.29, 0.717) is 36.6 Å². The molecule has 1 aromatic heterocycles. The van der Waals surface area contributed by atoms with Crippen LogP contribution in [0.2, 0.25) is 0 Å². The average Bonchev–Trinajstić information content (AvgIpc) is 3.53. The molecule has 0 bridgehead atoms. The van der Waals surface area contributed by atoms with Crippen molar-refractivity contribution in [1.82, 2.24) is 9.88 Å². The second kappa shape index (κ2) is 13.0. The Hall–Kier alpha value is -3.17. The zero-order valence-electron chi connectivity index (χ0n) is 24.1. The van der Waals surface area contributed by atoms with Crippen LogP contribution >= 0.6 is 0 Å². The van der Waals surface area contributed by atoms with E-state index in [-0.39, 0.29) is 43.2 Å². The Morgan fingerprint density at radius 3 is 2.65 bits per heavy atom. The topological polar surface area (TPSA) is 112 Å². The number of unbranched alkanes of at least 4 members (excludes halogenated alkanes) is 1. The van der Waals surface area contributed by atoms with Crippen molar-refractivity contribution in [3.63, 3.8) is 0 Å². The molecule has 1 saturated heterocycles. The number of carbonyl (C=O) groups is 2. The maximum Gasteiger partial charge on any atom is 0.308 e. The van der Waals surface area contributed by atoms with Gasteiger partial charge in [0.25, 0.3) is 0 Å². The lowest BCUT2D eigenvalue weighted by Gasteiger charge is -2.35. The van der Waals surface area contributed by atoms with Gasteiger partial charge in [-0.15, -0.1) is 0 Å². The van der Waals surface area contributed by atoms with Gasteiger partial charge in [0.15, 0.2) is 11.5 Å². The highest BCUT2D eigenvalue weighted by Crippen LogP contribution is 2.46. The summed E-state index contributed by atoms with van der Waals surface area (Å²) in [5, 5.41) is 20.6. The van der Waals surface area contributed by atoms with Crippen LogP contribution in [0.5, 0.6) is 11.5 Å². The monoisotopic (exact) mass is 553 g/mol. The molecule has 2 N–H and O–H groups in total. The van der Waals surface area contributed by atoms with Crippen molar-refractivity contribution in [2.45, 2.75) is 78.4 Å². The minimum atomic E-state index is -0.879. The number of aliphatic hydroxyl groups is 1. The minimum Gasteiger partial charge on any atom is -0.481 e. The Labute approximate surface area is 237 Å². The summed E-state index contributed by atoms with van der Waals surface area (Å²) < 4.78 is 11.2. The lowest BCUT2D eigenvalue weighted by molar-refractivity contribution is -0.143. The molecule has 218 valence electrons. The van der Waals surface area contributed by atoms with Crippen LogP contribution in [-0.4, -0.2) is 64.4 Å². The van der Waals surface area contributed by atoms with Crippen molar-refractivity contribution in [3.8, 4) is 11.5 Å². The number of carbonyl (C=O) groups excluding carboxylic acids is 1. The van der Waals surface area contributed by atoms with E-state index >= 15 is 0 Å². The number of carboxylic acids is 1. The van der Waals surface area contributed by atoms with Crippen molar-refractivity contribution >= 4 is 17.6 Å². The number of rotatable bonds is 13. The number of anilines is 1. The SMILES string of the molecule is CCCCN(C(=O)CN1C[C@H](c2cc(CO)c3c(c2)OCO3)[C@@H](C(=O)O)[C@@H]1CC(C)(C)CCC)c1cccnc1. The first kappa shape index (κ1) is 29.8. The molecule has 0 saturated carbocycles. The van der Waals surface area contributed by atoms with Gasteiger partial charge in [-0.2, -0.15) is 0 Å². The van der Waals surface area contributed by atoms with Gasteiger partial charge in [-0.25, -0.2) is 0 Å². The fourth-order valence-electron chi connectivity index (χ4n) is 6.35. The van der Waals surface area contributed by atoms with Crippen LogP contribution in [-0.2, 0) is 16.2 Å². The molecule has 0 radical (unpaired) electrons. The van der Waals surface area contributed by atoms with E-state index in [1.807, 2.05) is 24.3 Å². The molecule has 0 aliphatic carbocycles. The van der Waals surface area contributed by atoms with Crippen molar-refractivity contribution in [3.05, 3.63) is 47.8 Å². The zero-order chi connectivity index (χ0) is 28.9. The number of likely N-dealkylation sites (tertiary alicyclic amines) is 1. The van der Waals surface area contributed by atoms with Crippen molar-refractivity contribution in [2.75, 3.05) is 31.3 Å². The summed E-state index contributed by atoms with van der Waals surface area (Å²) >= 11 is 0. The van der Waals surface area contributed by atoms with Gasteiger partial charge in [0, 0.05) is 36.8 Å². The number of benzene rings is 1. The molecule has 9 heteroatoms. The molecule has 0 unspecified atom stereocenters. The van der Waals surface area contributed by atoms with Gasteiger partial charge in [0.2, 0.25) is 12.7 Å². The molecule has 3 heterocycles. The summed E-state index contributed by atoms with van der Waals surface area (Å²) in [6.45, 7) is 9.51. The second-order valence-corrected chi connectivity index (χ2v) is 11.8. The Balaban J connectivity index is 1.70. The van der Waals surface area contributed by atoms with E-state index in [4.69, 9.17) is 9.47 Å². The van der Waals surface area contributed by atoms with Gasteiger partial charge in [-0.1, -0.05) is 40.5 Å². The number of aromatic nitrogens is 1. The standard InChI is InChI=1S/C31H43N3O6/c1-5-7-12-34(23-9-8-11-32-16-23)27(36)18-33-17-24(21-13-22(19-35)29-26(14-21)39-20-40-29)28(30(37)38)25(33)15-31(3,4)10-6-2/h8-9,11,13-14,16,24-25,28,35H,5-7,10,12,15,17-20H2,1-4H3,(H,37,38)/t24-,25+,28-/m1/s1. The largest absolute Gasteiger partial charge is 0.481 e. The highest BCUT2D eigenvalue weighted by Gasteiger charge is 2.49. The zero-order valence-corrected chi connectivity index (χ0v) is 24.1. The summed E-state index contributed by atoms with van der Waals surface area (Å²) in [6, 6.07) is 7.04. The molecule has 2 aromatic rings. The first-order valence-corrected chi connectivity index (χ1v) is 14.4. The van der Waals surface area contributed by atoms with Crippen molar-refractivity contribution in [1.29, 1.82) is 0 Å². The fourth-order valence-corrected chi connectivity index (χ4v) is 6.35. The number of aliphatic carboxylic acids is 1. The summed E-state index contributed by atoms with van der Waals surface area (Å²) in [5.41, 5.74) is 2.01. The Kier molecular flexibility index (Phi) is 9.68. The fraction of sp³-hybridized carbons (Fsp3) is 0.581.